The van der Waals surface area contributed by atoms with Gasteiger partial charge in [0.15, 0.2) is 0 Å². The van der Waals surface area contributed by atoms with Crippen molar-refractivity contribution in [2.75, 3.05) is 0 Å². The minimum absolute atomic E-state index is 0.144. The highest BCUT2D eigenvalue weighted by molar-refractivity contribution is 5.81. The van der Waals surface area contributed by atoms with Crippen LogP contribution in [0.3, 0.4) is 0 Å². The van der Waals surface area contributed by atoms with Gasteiger partial charge in [-0.3, -0.25) is 4.79 Å². The van der Waals surface area contributed by atoms with Crippen LogP contribution in [0.1, 0.15) is 37.3 Å². The van der Waals surface area contributed by atoms with Gasteiger partial charge in [0.2, 0.25) is 5.91 Å². The van der Waals surface area contributed by atoms with Gasteiger partial charge in [0.25, 0.3) is 0 Å². The maximum atomic E-state index is 13.3. The smallest absolute Gasteiger partial charge is 0.245 e. The zero-order valence-corrected chi connectivity index (χ0v) is 16.4. The van der Waals surface area contributed by atoms with Crippen LogP contribution in [-0.2, 0) is 11.2 Å². The quantitative estimate of drug-likeness (QED) is 0.506. The van der Waals surface area contributed by atoms with Crippen LogP contribution in [-0.4, -0.2) is 36.1 Å². The van der Waals surface area contributed by atoms with Gasteiger partial charge in [-0.1, -0.05) is 56.3 Å². The molecule has 0 radical (unpaired) electrons. The topological polar surface area (TPSA) is 101 Å². The van der Waals surface area contributed by atoms with E-state index < -0.39 is 6.04 Å². The van der Waals surface area contributed by atoms with Crippen LogP contribution in [0.25, 0.3) is 11.0 Å². The molecule has 0 aliphatic rings. The Morgan fingerprint density at radius 3 is 2.55 bits per heavy atom. The lowest BCUT2D eigenvalue weighted by atomic mass is 10.0. The molecule has 8 heteroatoms. The summed E-state index contributed by atoms with van der Waals surface area (Å²) >= 11 is 0. The number of carbonyl (C=O) groups excluding carboxylic acids is 1. The summed E-state index contributed by atoms with van der Waals surface area (Å²) in [5.74, 6) is 0.732. The molecule has 0 aliphatic carbocycles. The molecule has 4 aromatic rings. The largest absolute Gasteiger partial charge is 0.344 e. The third-order valence-electron chi connectivity index (χ3n) is 4.93. The maximum absolute atomic E-state index is 13.3. The van der Waals surface area contributed by atoms with Crippen LogP contribution in [0.15, 0.2) is 60.9 Å². The van der Waals surface area contributed by atoms with Gasteiger partial charge in [-0.25, -0.2) is 9.67 Å². The molecular weight excluding hydrogens is 366 g/mol. The van der Waals surface area contributed by atoms with Crippen molar-refractivity contribution < 1.29 is 4.79 Å². The summed E-state index contributed by atoms with van der Waals surface area (Å²) in [6.45, 7) is 4.11. The predicted octanol–water partition coefficient (Wildman–Crippen LogP) is 2.85. The molecule has 0 saturated carbocycles. The zero-order chi connectivity index (χ0) is 20.2. The normalized spacial score (nSPS) is 13.5. The number of imidazole rings is 1. The first-order valence-corrected chi connectivity index (χ1v) is 9.63. The number of benzene rings is 2. The summed E-state index contributed by atoms with van der Waals surface area (Å²) in [4.78, 5) is 21.3. The molecule has 2 aromatic heterocycles. The molecule has 1 amide bonds. The van der Waals surface area contributed by atoms with Gasteiger partial charge in [-0.05, 0) is 34.0 Å². The van der Waals surface area contributed by atoms with E-state index in [0.717, 1.165) is 22.4 Å². The number of tetrazole rings is 1. The second-order valence-electron chi connectivity index (χ2n) is 7.36. The van der Waals surface area contributed by atoms with Crippen LogP contribution in [0, 0.1) is 5.92 Å². The van der Waals surface area contributed by atoms with Gasteiger partial charge >= 0.3 is 0 Å². The highest BCUT2D eigenvalue weighted by Gasteiger charge is 2.28. The fraction of sp³-hybridized carbons (Fsp3) is 0.286. The van der Waals surface area contributed by atoms with Crippen molar-refractivity contribution in [2.24, 2.45) is 5.92 Å². The van der Waals surface area contributed by atoms with E-state index in [1.165, 1.54) is 11.0 Å². The van der Waals surface area contributed by atoms with Crippen LogP contribution >= 0.6 is 0 Å². The molecule has 0 unspecified atom stereocenters. The van der Waals surface area contributed by atoms with E-state index in [9.17, 15) is 4.79 Å². The highest BCUT2D eigenvalue weighted by atomic mass is 16.2. The molecule has 0 aliphatic heterocycles. The molecule has 8 nitrogen and oxygen atoms in total. The SMILES string of the molecule is CC(C)[C@H](NC(=O)[C@H](Cc1ccccc1)n1cnnn1)c1nc2ccccc2[nH]1. The lowest BCUT2D eigenvalue weighted by molar-refractivity contribution is -0.125. The fourth-order valence-corrected chi connectivity index (χ4v) is 3.37. The second kappa shape index (κ2) is 8.22. The number of carbonyl (C=O) groups is 1. The Labute approximate surface area is 168 Å². The fourth-order valence-electron chi connectivity index (χ4n) is 3.37. The first-order valence-electron chi connectivity index (χ1n) is 9.63. The van der Waals surface area contributed by atoms with Gasteiger partial charge in [0, 0.05) is 6.42 Å². The predicted molar refractivity (Wildman–Crippen MR) is 109 cm³/mol. The van der Waals surface area contributed by atoms with Gasteiger partial charge in [-0.15, -0.1) is 5.10 Å². The molecule has 148 valence electrons. The number of rotatable bonds is 7. The van der Waals surface area contributed by atoms with E-state index in [1.807, 2.05) is 54.6 Å². The summed E-state index contributed by atoms with van der Waals surface area (Å²) in [6, 6.07) is 16.9. The third-order valence-corrected chi connectivity index (χ3v) is 4.93. The zero-order valence-electron chi connectivity index (χ0n) is 16.4. The van der Waals surface area contributed by atoms with Gasteiger partial charge in [0.05, 0.1) is 17.1 Å². The van der Waals surface area contributed by atoms with E-state index >= 15 is 0 Å². The van der Waals surface area contributed by atoms with Gasteiger partial charge in [0.1, 0.15) is 18.2 Å². The van der Waals surface area contributed by atoms with Gasteiger partial charge in [-0.2, -0.15) is 0 Å². The highest BCUT2D eigenvalue weighted by Crippen LogP contribution is 2.24. The molecule has 2 aromatic carbocycles. The number of hydrogen-bond donors (Lipinski definition) is 2. The van der Waals surface area contributed by atoms with E-state index in [4.69, 9.17) is 0 Å². The second-order valence-corrected chi connectivity index (χ2v) is 7.36. The monoisotopic (exact) mass is 389 g/mol. The number of fused-ring (bicyclic) bond motifs is 1. The Hall–Kier alpha value is -3.55. The van der Waals surface area contributed by atoms with Crippen molar-refractivity contribution in [1.82, 2.24) is 35.5 Å². The van der Waals surface area contributed by atoms with Crippen LogP contribution in [0.4, 0.5) is 0 Å². The molecule has 2 heterocycles. The number of H-pyrrole nitrogens is 1. The lowest BCUT2D eigenvalue weighted by Gasteiger charge is -2.24. The Kier molecular flexibility index (Phi) is 5.33. The molecule has 0 fully saturated rings. The molecule has 0 spiro atoms. The number of nitrogens with zero attached hydrogens (tertiary/aromatic N) is 5. The summed E-state index contributed by atoms with van der Waals surface area (Å²) in [5.41, 5.74) is 2.86. The van der Waals surface area contributed by atoms with Gasteiger partial charge < -0.3 is 10.3 Å². The average Bonchev–Trinajstić information content (AvgIpc) is 3.40. The summed E-state index contributed by atoms with van der Waals surface area (Å²) < 4.78 is 1.50. The Bertz CT molecular complexity index is 1040. The third kappa shape index (κ3) is 4.16. The summed E-state index contributed by atoms with van der Waals surface area (Å²) in [7, 11) is 0. The minimum atomic E-state index is -0.557. The maximum Gasteiger partial charge on any atom is 0.245 e. The van der Waals surface area contributed by atoms with E-state index in [-0.39, 0.29) is 17.9 Å². The number of nitrogens with one attached hydrogen (secondary N) is 2. The number of amides is 1. The standard InChI is InChI=1S/C21H23N7O/c1-14(2)19(20-23-16-10-6-7-11-17(16)24-20)25-21(29)18(28-13-22-26-27-28)12-15-8-4-3-5-9-15/h3-11,13-14,18-19H,12H2,1-2H3,(H,23,24)(H,25,29)/t18-,19-/m0/s1. The van der Waals surface area contributed by atoms with E-state index in [2.05, 4.69) is 44.7 Å². The first-order chi connectivity index (χ1) is 14.1. The van der Waals surface area contributed by atoms with Crippen molar-refractivity contribution in [1.29, 1.82) is 0 Å². The minimum Gasteiger partial charge on any atom is -0.344 e. The number of hydrogen-bond acceptors (Lipinski definition) is 5. The van der Waals surface area contributed by atoms with E-state index in [0.29, 0.717) is 6.42 Å². The molecule has 29 heavy (non-hydrogen) atoms. The molecule has 4 rings (SSSR count). The number of aromatic amines is 1. The lowest BCUT2D eigenvalue weighted by Crippen LogP contribution is -2.39. The van der Waals surface area contributed by atoms with Crippen molar-refractivity contribution in [2.45, 2.75) is 32.4 Å². The van der Waals surface area contributed by atoms with Crippen molar-refractivity contribution in [3.05, 3.63) is 72.3 Å². The van der Waals surface area contributed by atoms with Crippen LogP contribution < -0.4 is 5.32 Å². The van der Waals surface area contributed by atoms with E-state index in [1.54, 1.807) is 0 Å². The van der Waals surface area contributed by atoms with Crippen molar-refractivity contribution >= 4 is 16.9 Å². The number of para-hydroxylation sites is 2. The Morgan fingerprint density at radius 2 is 1.86 bits per heavy atom. The molecule has 2 atom stereocenters. The summed E-state index contributed by atoms with van der Waals surface area (Å²) in [5, 5.41) is 14.5. The first kappa shape index (κ1) is 18.8. The van der Waals surface area contributed by atoms with Crippen LogP contribution in [0.2, 0.25) is 0 Å². The Morgan fingerprint density at radius 1 is 1.10 bits per heavy atom. The Balaban J connectivity index is 1.60. The molecule has 0 saturated heterocycles. The van der Waals surface area contributed by atoms with Crippen molar-refractivity contribution in [3.8, 4) is 0 Å². The van der Waals surface area contributed by atoms with Crippen LogP contribution in [0.5, 0.6) is 0 Å². The number of aromatic nitrogens is 6. The van der Waals surface area contributed by atoms with Crippen molar-refractivity contribution in [3.63, 3.8) is 0 Å². The molecular formula is C21H23N7O. The average molecular weight is 389 g/mol. The summed E-state index contributed by atoms with van der Waals surface area (Å²) in [6.07, 6.45) is 1.96. The molecule has 0 bridgehead atoms. The molecule has 2 N–H and O–H groups in total.